The largest absolute Gasteiger partial charge is 0.490 e. The van der Waals surface area contributed by atoms with Crippen molar-refractivity contribution in [2.24, 2.45) is 0 Å². The molecule has 1 heterocycles. The predicted molar refractivity (Wildman–Crippen MR) is 75.6 cm³/mol. The normalized spacial score (nSPS) is 16.5. The van der Waals surface area contributed by atoms with E-state index < -0.39 is 5.82 Å². The minimum atomic E-state index is -0.454. The van der Waals surface area contributed by atoms with Gasteiger partial charge >= 0.3 is 0 Å². The summed E-state index contributed by atoms with van der Waals surface area (Å²) in [6.07, 6.45) is 4.79. The summed E-state index contributed by atoms with van der Waals surface area (Å²) in [5.74, 6) is -0.269. The van der Waals surface area contributed by atoms with Gasteiger partial charge in [0, 0.05) is 18.7 Å². The standard InChI is InChI=1S/C14H22FN3O/c15-11-9-12(16)13(17)10-14(11)19-8-4-7-18-5-2-1-3-6-18/h9-10H,1-8,16-17H2. The molecule has 1 fully saturated rings. The Hall–Kier alpha value is -1.49. The van der Waals surface area contributed by atoms with E-state index in [4.69, 9.17) is 16.2 Å². The van der Waals surface area contributed by atoms with E-state index in [1.807, 2.05) is 0 Å². The van der Waals surface area contributed by atoms with Crippen molar-refractivity contribution < 1.29 is 9.13 Å². The van der Waals surface area contributed by atoms with Gasteiger partial charge in [0.2, 0.25) is 0 Å². The minimum absolute atomic E-state index is 0.186. The second kappa shape index (κ2) is 6.61. The molecule has 1 aliphatic rings. The van der Waals surface area contributed by atoms with Crippen molar-refractivity contribution >= 4 is 11.4 Å². The molecule has 4 nitrogen and oxygen atoms in total. The second-order valence-electron chi connectivity index (χ2n) is 5.02. The fourth-order valence-electron chi connectivity index (χ4n) is 2.35. The van der Waals surface area contributed by atoms with Gasteiger partial charge in [-0.25, -0.2) is 4.39 Å². The first-order valence-electron chi connectivity index (χ1n) is 6.86. The van der Waals surface area contributed by atoms with E-state index in [-0.39, 0.29) is 11.4 Å². The van der Waals surface area contributed by atoms with Crippen LogP contribution in [0.3, 0.4) is 0 Å². The first kappa shape index (κ1) is 13.9. The summed E-state index contributed by atoms with van der Waals surface area (Å²) in [6, 6.07) is 2.65. The Morgan fingerprint density at radius 2 is 1.79 bits per heavy atom. The molecule has 19 heavy (non-hydrogen) atoms. The highest BCUT2D eigenvalue weighted by atomic mass is 19.1. The molecule has 0 unspecified atom stereocenters. The number of anilines is 2. The fourth-order valence-corrected chi connectivity index (χ4v) is 2.35. The van der Waals surface area contributed by atoms with Gasteiger partial charge < -0.3 is 21.1 Å². The van der Waals surface area contributed by atoms with Crippen molar-refractivity contribution in [2.45, 2.75) is 25.7 Å². The number of nitrogen functional groups attached to an aromatic ring is 2. The third-order valence-corrected chi connectivity index (χ3v) is 3.46. The van der Waals surface area contributed by atoms with Crippen LogP contribution in [0.25, 0.3) is 0 Å². The van der Waals surface area contributed by atoms with Crippen LogP contribution >= 0.6 is 0 Å². The lowest BCUT2D eigenvalue weighted by Crippen LogP contribution is -2.31. The van der Waals surface area contributed by atoms with E-state index in [9.17, 15) is 4.39 Å². The topological polar surface area (TPSA) is 64.5 Å². The molecule has 106 valence electrons. The van der Waals surface area contributed by atoms with E-state index in [1.54, 1.807) is 0 Å². The van der Waals surface area contributed by atoms with Crippen molar-refractivity contribution in [1.82, 2.24) is 4.90 Å². The molecule has 1 aromatic carbocycles. The van der Waals surface area contributed by atoms with Crippen molar-refractivity contribution in [2.75, 3.05) is 37.7 Å². The smallest absolute Gasteiger partial charge is 0.167 e. The predicted octanol–water partition coefficient (Wildman–Crippen LogP) is 2.24. The Morgan fingerprint density at radius 1 is 1.11 bits per heavy atom. The van der Waals surface area contributed by atoms with Gasteiger partial charge in [-0.1, -0.05) is 6.42 Å². The molecule has 0 radical (unpaired) electrons. The summed E-state index contributed by atoms with van der Waals surface area (Å²) >= 11 is 0. The maximum atomic E-state index is 13.5. The Morgan fingerprint density at radius 3 is 2.53 bits per heavy atom. The van der Waals surface area contributed by atoms with Crippen LogP contribution < -0.4 is 16.2 Å². The van der Waals surface area contributed by atoms with E-state index in [2.05, 4.69) is 4.90 Å². The van der Waals surface area contributed by atoms with Crippen LogP contribution in [0.2, 0.25) is 0 Å². The molecule has 0 amide bonds. The Labute approximate surface area is 113 Å². The SMILES string of the molecule is Nc1cc(F)c(OCCCN2CCCCC2)cc1N. The summed E-state index contributed by atoms with van der Waals surface area (Å²) in [7, 11) is 0. The Balaban J connectivity index is 1.74. The summed E-state index contributed by atoms with van der Waals surface area (Å²) in [5.41, 5.74) is 11.7. The van der Waals surface area contributed by atoms with Gasteiger partial charge in [-0.3, -0.25) is 0 Å². The second-order valence-corrected chi connectivity index (χ2v) is 5.02. The molecule has 5 heteroatoms. The van der Waals surface area contributed by atoms with Crippen LogP contribution in [0, 0.1) is 5.82 Å². The average molecular weight is 267 g/mol. The van der Waals surface area contributed by atoms with Gasteiger partial charge in [-0.05, 0) is 32.4 Å². The first-order valence-corrected chi connectivity index (χ1v) is 6.86. The summed E-state index contributed by atoms with van der Waals surface area (Å²) in [4.78, 5) is 2.43. The van der Waals surface area contributed by atoms with Gasteiger partial charge in [0.25, 0.3) is 0 Å². The number of likely N-dealkylation sites (tertiary alicyclic amines) is 1. The number of hydrogen-bond donors (Lipinski definition) is 2. The molecule has 4 N–H and O–H groups in total. The molecule has 0 aliphatic carbocycles. The van der Waals surface area contributed by atoms with Crippen molar-refractivity contribution in [3.8, 4) is 5.75 Å². The van der Waals surface area contributed by atoms with Crippen molar-refractivity contribution in [3.63, 3.8) is 0 Å². The molecule has 1 aliphatic heterocycles. The number of piperidine rings is 1. The first-order chi connectivity index (χ1) is 9.16. The van der Waals surface area contributed by atoms with Gasteiger partial charge in [0.1, 0.15) is 0 Å². The number of hydrogen-bond acceptors (Lipinski definition) is 4. The minimum Gasteiger partial charge on any atom is -0.490 e. The molecular weight excluding hydrogens is 245 g/mol. The van der Waals surface area contributed by atoms with Crippen LogP contribution in [0.4, 0.5) is 15.8 Å². The lowest BCUT2D eigenvalue weighted by molar-refractivity contribution is 0.203. The van der Waals surface area contributed by atoms with E-state index >= 15 is 0 Å². The van der Waals surface area contributed by atoms with Crippen LogP contribution in [0.1, 0.15) is 25.7 Å². The number of benzene rings is 1. The molecule has 0 aromatic heterocycles. The number of nitrogens with two attached hydrogens (primary N) is 2. The number of ether oxygens (including phenoxy) is 1. The monoisotopic (exact) mass is 267 g/mol. The van der Waals surface area contributed by atoms with E-state index in [0.717, 1.165) is 13.0 Å². The lowest BCUT2D eigenvalue weighted by atomic mass is 10.1. The van der Waals surface area contributed by atoms with Gasteiger partial charge in [0.05, 0.1) is 18.0 Å². The molecular formula is C14H22FN3O. The van der Waals surface area contributed by atoms with Crippen LogP contribution in [-0.4, -0.2) is 31.1 Å². The number of rotatable bonds is 5. The zero-order chi connectivity index (χ0) is 13.7. The molecule has 1 saturated heterocycles. The molecule has 0 spiro atoms. The fraction of sp³-hybridized carbons (Fsp3) is 0.571. The van der Waals surface area contributed by atoms with Crippen LogP contribution in [0.5, 0.6) is 5.75 Å². The highest BCUT2D eigenvalue weighted by Gasteiger charge is 2.10. The zero-order valence-electron chi connectivity index (χ0n) is 11.2. The third kappa shape index (κ3) is 3.99. The van der Waals surface area contributed by atoms with Crippen LogP contribution in [0.15, 0.2) is 12.1 Å². The van der Waals surface area contributed by atoms with Crippen LogP contribution in [-0.2, 0) is 0 Å². The lowest BCUT2D eigenvalue weighted by Gasteiger charge is -2.26. The number of halogens is 1. The van der Waals surface area contributed by atoms with E-state index in [0.29, 0.717) is 12.3 Å². The summed E-state index contributed by atoms with van der Waals surface area (Å²) in [6.45, 7) is 3.84. The Bertz CT molecular complexity index is 419. The van der Waals surface area contributed by atoms with Gasteiger partial charge in [-0.2, -0.15) is 0 Å². The highest BCUT2D eigenvalue weighted by Crippen LogP contribution is 2.25. The molecule has 2 rings (SSSR count). The summed E-state index contributed by atoms with van der Waals surface area (Å²) < 4.78 is 19.0. The average Bonchev–Trinajstić information content (AvgIpc) is 2.41. The summed E-state index contributed by atoms with van der Waals surface area (Å²) in [5, 5.41) is 0. The van der Waals surface area contributed by atoms with E-state index in [1.165, 1.54) is 44.5 Å². The molecule has 0 saturated carbocycles. The van der Waals surface area contributed by atoms with Crippen molar-refractivity contribution in [3.05, 3.63) is 17.9 Å². The molecule has 0 bridgehead atoms. The number of nitrogens with zero attached hydrogens (tertiary/aromatic N) is 1. The Kier molecular flexibility index (Phi) is 4.85. The van der Waals surface area contributed by atoms with Gasteiger partial charge in [-0.15, -0.1) is 0 Å². The molecule has 0 atom stereocenters. The third-order valence-electron chi connectivity index (χ3n) is 3.46. The quantitative estimate of drug-likeness (QED) is 0.634. The van der Waals surface area contributed by atoms with Gasteiger partial charge in [0.15, 0.2) is 11.6 Å². The zero-order valence-corrected chi connectivity index (χ0v) is 11.2. The maximum absolute atomic E-state index is 13.5. The highest BCUT2D eigenvalue weighted by molar-refractivity contribution is 5.65. The molecule has 1 aromatic rings. The van der Waals surface area contributed by atoms with Crippen molar-refractivity contribution in [1.29, 1.82) is 0 Å². The maximum Gasteiger partial charge on any atom is 0.167 e.